The summed E-state index contributed by atoms with van der Waals surface area (Å²) < 4.78 is 12.5. The number of rotatable bonds is 4. The first-order valence-corrected chi connectivity index (χ1v) is 8.76. The number of hydrogen-bond acceptors (Lipinski definition) is 4. The summed E-state index contributed by atoms with van der Waals surface area (Å²) in [6.45, 7) is 4.40. The lowest BCUT2D eigenvalue weighted by Gasteiger charge is -2.15. The molecule has 21 heavy (non-hydrogen) atoms. The standard InChI is InChI=1S/C16H18BrNO2S/c1-11(15-4-2-7-21-15)18-10-12-8-13(17)16-14(9-12)19-5-3-6-20-16/h2,4,7-9,11,18H,3,5-6,10H2,1H3/t11-/m0/s1. The Bertz CT molecular complexity index is 601. The van der Waals surface area contributed by atoms with Crippen molar-refractivity contribution in [2.24, 2.45) is 0 Å². The first kappa shape index (κ1) is 14.9. The van der Waals surface area contributed by atoms with Crippen molar-refractivity contribution in [3.8, 4) is 11.5 Å². The third-order valence-electron chi connectivity index (χ3n) is 3.44. The van der Waals surface area contributed by atoms with Gasteiger partial charge in [-0.3, -0.25) is 0 Å². The van der Waals surface area contributed by atoms with E-state index in [4.69, 9.17) is 9.47 Å². The van der Waals surface area contributed by atoms with Gasteiger partial charge in [-0.05, 0) is 52.0 Å². The summed E-state index contributed by atoms with van der Waals surface area (Å²) in [4.78, 5) is 1.35. The van der Waals surface area contributed by atoms with Gasteiger partial charge in [0, 0.05) is 23.9 Å². The van der Waals surface area contributed by atoms with E-state index in [2.05, 4.69) is 57.8 Å². The van der Waals surface area contributed by atoms with Crippen LogP contribution in [0.15, 0.2) is 34.1 Å². The third kappa shape index (κ3) is 3.59. The first-order chi connectivity index (χ1) is 10.2. The summed E-state index contributed by atoms with van der Waals surface area (Å²) in [5.41, 5.74) is 1.19. The lowest BCUT2D eigenvalue weighted by molar-refractivity contribution is 0.296. The molecule has 0 amide bonds. The maximum atomic E-state index is 5.77. The van der Waals surface area contributed by atoms with Gasteiger partial charge in [0.15, 0.2) is 11.5 Å². The molecule has 2 aromatic rings. The van der Waals surface area contributed by atoms with E-state index in [1.165, 1.54) is 10.4 Å². The van der Waals surface area contributed by atoms with Crippen LogP contribution in [0.5, 0.6) is 11.5 Å². The monoisotopic (exact) mass is 367 g/mol. The van der Waals surface area contributed by atoms with Crippen LogP contribution in [0.25, 0.3) is 0 Å². The minimum Gasteiger partial charge on any atom is -0.490 e. The fourth-order valence-corrected chi connectivity index (χ4v) is 3.66. The molecule has 2 heterocycles. The van der Waals surface area contributed by atoms with Crippen molar-refractivity contribution >= 4 is 27.3 Å². The Balaban J connectivity index is 1.71. The van der Waals surface area contributed by atoms with E-state index < -0.39 is 0 Å². The molecule has 0 spiro atoms. The van der Waals surface area contributed by atoms with Crippen LogP contribution >= 0.6 is 27.3 Å². The number of thiophene rings is 1. The van der Waals surface area contributed by atoms with Crippen LogP contribution in [0.2, 0.25) is 0 Å². The summed E-state index contributed by atoms with van der Waals surface area (Å²) in [5.74, 6) is 1.66. The Hall–Kier alpha value is -1.04. The molecule has 1 N–H and O–H groups in total. The minimum atomic E-state index is 0.347. The first-order valence-electron chi connectivity index (χ1n) is 7.09. The molecule has 1 aromatic carbocycles. The molecule has 0 saturated carbocycles. The van der Waals surface area contributed by atoms with Gasteiger partial charge in [-0.25, -0.2) is 0 Å². The summed E-state index contributed by atoms with van der Waals surface area (Å²) in [5, 5.41) is 5.65. The van der Waals surface area contributed by atoms with Crippen LogP contribution in [-0.4, -0.2) is 13.2 Å². The number of ether oxygens (including phenoxy) is 2. The smallest absolute Gasteiger partial charge is 0.175 e. The largest absolute Gasteiger partial charge is 0.490 e. The van der Waals surface area contributed by atoms with Gasteiger partial charge >= 0.3 is 0 Å². The van der Waals surface area contributed by atoms with Crippen LogP contribution in [-0.2, 0) is 6.54 Å². The summed E-state index contributed by atoms with van der Waals surface area (Å²) in [6.07, 6.45) is 0.921. The van der Waals surface area contributed by atoms with Crippen LogP contribution in [0.3, 0.4) is 0 Å². The van der Waals surface area contributed by atoms with Gasteiger partial charge in [0.25, 0.3) is 0 Å². The van der Waals surface area contributed by atoms with Crippen LogP contribution in [0.4, 0.5) is 0 Å². The van der Waals surface area contributed by atoms with E-state index in [0.29, 0.717) is 19.3 Å². The topological polar surface area (TPSA) is 30.5 Å². The number of halogens is 1. The van der Waals surface area contributed by atoms with Crippen molar-refractivity contribution in [2.75, 3.05) is 13.2 Å². The average molecular weight is 368 g/mol. The molecule has 1 aliphatic heterocycles. The normalized spacial score (nSPS) is 15.5. The van der Waals surface area contributed by atoms with Crippen molar-refractivity contribution in [3.05, 3.63) is 44.6 Å². The lowest BCUT2D eigenvalue weighted by Crippen LogP contribution is -2.17. The maximum absolute atomic E-state index is 5.77. The zero-order valence-corrected chi connectivity index (χ0v) is 14.3. The molecular formula is C16H18BrNO2S. The third-order valence-corrected chi connectivity index (χ3v) is 5.09. The Morgan fingerprint density at radius 1 is 1.33 bits per heavy atom. The molecule has 0 saturated heterocycles. The van der Waals surface area contributed by atoms with Crippen molar-refractivity contribution in [3.63, 3.8) is 0 Å². The molecule has 3 nitrogen and oxygen atoms in total. The van der Waals surface area contributed by atoms with Crippen molar-refractivity contribution in [1.82, 2.24) is 5.32 Å². The summed E-state index contributed by atoms with van der Waals surface area (Å²) >= 11 is 5.36. The van der Waals surface area contributed by atoms with Crippen LogP contribution in [0, 0.1) is 0 Å². The van der Waals surface area contributed by atoms with E-state index in [1.807, 2.05) is 0 Å². The highest BCUT2D eigenvalue weighted by atomic mass is 79.9. The molecule has 3 rings (SSSR count). The summed E-state index contributed by atoms with van der Waals surface area (Å²) in [6, 6.07) is 8.76. The molecule has 0 bridgehead atoms. The van der Waals surface area contributed by atoms with Crippen molar-refractivity contribution in [1.29, 1.82) is 0 Å². The Morgan fingerprint density at radius 2 is 2.19 bits per heavy atom. The van der Waals surface area contributed by atoms with Crippen LogP contribution < -0.4 is 14.8 Å². The molecule has 112 valence electrons. The molecule has 0 radical (unpaired) electrons. The molecule has 1 atom stereocenters. The second kappa shape index (κ2) is 6.81. The molecule has 0 aliphatic carbocycles. The predicted octanol–water partition coefficient (Wildman–Crippen LogP) is 4.52. The van der Waals surface area contributed by atoms with Gasteiger partial charge in [0.05, 0.1) is 17.7 Å². The Morgan fingerprint density at radius 3 is 3.00 bits per heavy atom. The predicted molar refractivity (Wildman–Crippen MR) is 89.3 cm³/mol. The Kier molecular flexibility index (Phi) is 4.83. The quantitative estimate of drug-likeness (QED) is 0.861. The van der Waals surface area contributed by atoms with E-state index in [1.54, 1.807) is 11.3 Å². The molecular weight excluding hydrogens is 350 g/mol. The van der Waals surface area contributed by atoms with Gasteiger partial charge in [-0.1, -0.05) is 6.07 Å². The average Bonchev–Trinajstić information content (AvgIpc) is 2.91. The van der Waals surface area contributed by atoms with Crippen molar-refractivity contribution < 1.29 is 9.47 Å². The SMILES string of the molecule is C[C@H](NCc1cc(Br)c2c(c1)OCCCO2)c1cccs1. The maximum Gasteiger partial charge on any atom is 0.175 e. The second-order valence-electron chi connectivity index (χ2n) is 5.07. The van der Waals surface area contributed by atoms with E-state index in [-0.39, 0.29) is 0 Å². The molecule has 0 fully saturated rings. The number of nitrogens with one attached hydrogen (secondary N) is 1. The van der Waals surface area contributed by atoms with Gasteiger partial charge in [0.1, 0.15) is 0 Å². The number of hydrogen-bond donors (Lipinski definition) is 1. The highest BCUT2D eigenvalue weighted by Gasteiger charge is 2.15. The lowest BCUT2D eigenvalue weighted by atomic mass is 10.2. The highest BCUT2D eigenvalue weighted by Crippen LogP contribution is 2.38. The molecule has 5 heteroatoms. The number of benzene rings is 1. The van der Waals surface area contributed by atoms with Gasteiger partial charge in [-0.2, -0.15) is 0 Å². The van der Waals surface area contributed by atoms with Gasteiger partial charge < -0.3 is 14.8 Å². The van der Waals surface area contributed by atoms with Gasteiger partial charge in [0.2, 0.25) is 0 Å². The molecule has 0 unspecified atom stereocenters. The van der Waals surface area contributed by atoms with Crippen molar-refractivity contribution in [2.45, 2.75) is 25.9 Å². The molecule has 1 aliphatic rings. The van der Waals surface area contributed by atoms with Crippen LogP contribution in [0.1, 0.15) is 29.8 Å². The summed E-state index contributed by atoms with van der Waals surface area (Å²) in [7, 11) is 0. The molecule has 1 aromatic heterocycles. The minimum absolute atomic E-state index is 0.347. The van der Waals surface area contributed by atoms with E-state index in [0.717, 1.165) is 28.9 Å². The van der Waals surface area contributed by atoms with E-state index in [9.17, 15) is 0 Å². The second-order valence-corrected chi connectivity index (χ2v) is 6.91. The zero-order chi connectivity index (χ0) is 14.7. The highest BCUT2D eigenvalue weighted by molar-refractivity contribution is 9.10. The number of fused-ring (bicyclic) bond motifs is 1. The Labute approximate surface area is 137 Å². The zero-order valence-electron chi connectivity index (χ0n) is 11.9. The van der Waals surface area contributed by atoms with Gasteiger partial charge in [-0.15, -0.1) is 11.3 Å². The van der Waals surface area contributed by atoms with E-state index >= 15 is 0 Å². The fourth-order valence-electron chi connectivity index (χ4n) is 2.30. The fraction of sp³-hybridized carbons (Fsp3) is 0.375.